The van der Waals surface area contributed by atoms with Gasteiger partial charge >= 0.3 is 5.97 Å². The summed E-state index contributed by atoms with van der Waals surface area (Å²) < 4.78 is 5.04. The Kier molecular flexibility index (Phi) is 6.80. The molecule has 1 aromatic heterocycles. The van der Waals surface area contributed by atoms with E-state index in [0.717, 1.165) is 11.4 Å². The third kappa shape index (κ3) is 4.98. The molecule has 0 aliphatic carbocycles. The van der Waals surface area contributed by atoms with E-state index in [0.29, 0.717) is 17.1 Å². The normalized spacial score (nSPS) is 10.6. The number of pyridine rings is 1. The van der Waals surface area contributed by atoms with Crippen molar-refractivity contribution in [3.63, 3.8) is 0 Å². The van der Waals surface area contributed by atoms with Gasteiger partial charge in [0.1, 0.15) is 5.82 Å². The quantitative estimate of drug-likeness (QED) is 0.528. The first kappa shape index (κ1) is 20.7. The number of benzene rings is 1. The van der Waals surface area contributed by atoms with Gasteiger partial charge in [-0.05, 0) is 37.1 Å². The van der Waals surface area contributed by atoms with Gasteiger partial charge in [-0.25, -0.2) is 9.78 Å². The molecule has 2 aromatic rings. The molecule has 1 heterocycles. The SMILES string of the molecule is CCOC(=O)c1cc(Cl)c(C(=N)C(C)C)c(Nc2cccc(N(C)C)c2)n1. The van der Waals surface area contributed by atoms with Crippen molar-refractivity contribution in [2.75, 3.05) is 30.9 Å². The van der Waals surface area contributed by atoms with Gasteiger partial charge in [-0.15, -0.1) is 0 Å². The van der Waals surface area contributed by atoms with Crippen LogP contribution in [0.4, 0.5) is 17.2 Å². The second kappa shape index (κ2) is 8.86. The minimum Gasteiger partial charge on any atom is -0.461 e. The zero-order valence-corrected chi connectivity index (χ0v) is 17.0. The number of nitrogens with one attached hydrogen (secondary N) is 2. The van der Waals surface area contributed by atoms with E-state index >= 15 is 0 Å². The molecule has 0 saturated heterocycles. The molecular weight excluding hydrogens is 364 g/mol. The van der Waals surface area contributed by atoms with E-state index in [2.05, 4.69) is 10.3 Å². The van der Waals surface area contributed by atoms with E-state index in [1.807, 2.05) is 57.1 Å². The number of rotatable bonds is 7. The highest BCUT2D eigenvalue weighted by Gasteiger charge is 2.21. The zero-order valence-electron chi connectivity index (χ0n) is 16.3. The maximum absolute atomic E-state index is 12.1. The molecule has 0 aliphatic heterocycles. The van der Waals surface area contributed by atoms with Crippen molar-refractivity contribution in [3.05, 3.63) is 46.6 Å². The lowest BCUT2D eigenvalue weighted by Gasteiger charge is -2.18. The van der Waals surface area contributed by atoms with Gasteiger partial charge in [-0.1, -0.05) is 31.5 Å². The molecule has 0 unspecified atom stereocenters. The molecule has 0 radical (unpaired) electrons. The molecule has 2 N–H and O–H groups in total. The monoisotopic (exact) mass is 388 g/mol. The van der Waals surface area contributed by atoms with Gasteiger partial charge < -0.3 is 20.4 Å². The second-order valence-electron chi connectivity index (χ2n) is 6.57. The fourth-order valence-corrected chi connectivity index (χ4v) is 2.75. The van der Waals surface area contributed by atoms with Crippen LogP contribution in [0, 0.1) is 11.3 Å². The molecule has 27 heavy (non-hydrogen) atoms. The maximum atomic E-state index is 12.1. The number of anilines is 3. The lowest BCUT2D eigenvalue weighted by molar-refractivity contribution is 0.0519. The van der Waals surface area contributed by atoms with Crippen molar-refractivity contribution < 1.29 is 9.53 Å². The smallest absolute Gasteiger partial charge is 0.357 e. The molecule has 0 spiro atoms. The Morgan fingerprint density at radius 2 is 2.04 bits per heavy atom. The highest BCUT2D eigenvalue weighted by molar-refractivity contribution is 6.35. The molecule has 0 amide bonds. The fourth-order valence-electron chi connectivity index (χ4n) is 2.46. The van der Waals surface area contributed by atoms with Crippen molar-refractivity contribution in [2.24, 2.45) is 5.92 Å². The average molecular weight is 389 g/mol. The van der Waals surface area contributed by atoms with Crippen molar-refractivity contribution in [1.29, 1.82) is 5.41 Å². The largest absolute Gasteiger partial charge is 0.461 e. The van der Waals surface area contributed by atoms with Crippen LogP contribution < -0.4 is 10.2 Å². The molecule has 0 aliphatic rings. The van der Waals surface area contributed by atoms with Crippen LogP contribution in [0.5, 0.6) is 0 Å². The lowest BCUT2D eigenvalue weighted by Crippen LogP contribution is -2.16. The van der Waals surface area contributed by atoms with Crippen LogP contribution in [-0.2, 0) is 4.74 Å². The molecule has 0 atom stereocenters. The van der Waals surface area contributed by atoms with Crippen LogP contribution in [-0.4, -0.2) is 37.4 Å². The molecule has 6 nitrogen and oxygen atoms in total. The van der Waals surface area contributed by atoms with Gasteiger partial charge in [0.15, 0.2) is 5.69 Å². The summed E-state index contributed by atoms with van der Waals surface area (Å²) in [5, 5.41) is 11.9. The minimum absolute atomic E-state index is 0.0496. The number of aromatic nitrogens is 1. The minimum atomic E-state index is -0.549. The van der Waals surface area contributed by atoms with Crippen LogP contribution in [0.3, 0.4) is 0 Å². The summed E-state index contributed by atoms with van der Waals surface area (Å²) in [5.41, 5.74) is 2.72. The Bertz CT molecular complexity index is 850. The molecule has 1 aromatic carbocycles. The molecule has 7 heteroatoms. The van der Waals surface area contributed by atoms with Crippen LogP contribution in [0.1, 0.15) is 36.8 Å². The Morgan fingerprint density at radius 1 is 1.33 bits per heavy atom. The number of hydrogen-bond acceptors (Lipinski definition) is 6. The van der Waals surface area contributed by atoms with Crippen molar-refractivity contribution >= 4 is 40.5 Å². The lowest BCUT2D eigenvalue weighted by atomic mass is 10.00. The summed E-state index contributed by atoms with van der Waals surface area (Å²) in [7, 11) is 3.91. The van der Waals surface area contributed by atoms with Crippen LogP contribution >= 0.6 is 11.6 Å². The van der Waals surface area contributed by atoms with E-state index < -0.39 is 5.97 Å². The van der Waals surface area contributed by atoms with Crippen molar-refractivity contribution in [1.82, 2.24) is 4.98 Å². The first-order valence-corrected chi connectivity index (χ1v) is 9.13. The molecule has 0 fully saturated rings. The third-order valence-electron chi connectivity index (χ3n) is 3.93. The second-order valence-corrected chi connectivity index (χ2v) is 6.98. The summed E-state index contributed by atoms with van der Waals surface area (Å²) in [6.45, 7) is 5.80. The van der Waals surface area contributed by atoms with Gasteiger partial charge in [0.05, 0.1) is 17.2 Å². The third-order valence-corrected chi connectivity index (χ3v) is 4.23. The molecule has 0 bridgehead atoms. The Balaban J connectivity index is 2.54. The summed E-state index contributed by atoms with van der Waals surface area (Å²) in [4.78, 5) is 18.5. The molecule has 0 saturated carbocycles. The summed E-state index contributed by atoms with van der Waals surface area (Å²) in [5.74, 6) is -0.237. The van der Waals surface area contributed by atoms with Crippen molar-refractivity contribution in [3.8, 4) is 0 Å². The first-order chi connectivity index (χ1) is 12.7. The van der Waals surface area contributed by atoms with E-state index in [4.69, 9.17) is 21.7 Å². The van der Waals surface area contributed by atoms with Gasteiger partial charge in [-0.2, -0.15) is 0 Å². The number of carbonyl (C=O) groups excluding carboxylic acids is 1. The number of esters is 1. The number of hydrogen-bond donors (Lipinski definition) is 2. The zero-order chi connectivity index (χ0) is 20.1. The molecule has 2 rings (SSSR count). The summed E-state index contributed by atoms with van der Waals surface area (Å²) in [6, 6.07) is 9.20. The number of halogens is 1. The van der Waals surface area contributed by atoms with Crippen LogP contribution in [0.25, 0.3) is 0 Å². The van der Waals surface area contributed by atoms with Gasteiger partial charge in [0.2, 0.25) is 0 Å². The van der Waals surface area contributed by atoms with E-state index in [1.165, 1.54) is 6.07 Å². The standard InChI is InChI=1S/C20H25ClN4O2/c1-6-27-20(26)16-11-15(21)17(18(22)12(2)3)19(24-16)23-13-8-7-9-14(10-13)25(4)5/h7-12,22H,6H2,1-5H3,(H,23,24). The van der Waals surface area contributed by atoms with Gasteiger partial charge in [0.25, 0.3) is 0 Å². The Labute approximate surface area is 165 Å². The topological polar surface area (TPSA) is 78.3 Å². The fraction of sp³-hybridized carbons (Fsp3) is 0.350. The number of ether oxygens (including phenoxy) is 1. The predicted molar refractivity (Wildman–Crippen MR) is 111 cm³/mol. The first-order valence-electron chi connectivity index (χ1n) is 8.75. The average Bonchev–Trinajstić information content (AvgIpc) is 2.61. The highest BCUT2D eigenvalue weighted by atomic mass is 35.5. The number of nitrogens with zero attached hydrogens (tertiary/aromatic N) is 2. The Hall–Kier alpha value is -2.60. The van der Waals surface area contributed by atoms with Gasteiger partial charge in [-0.3, -0.25) is 0 Å². The van der Waals surface area contributed by atoms with E-state index in [9.17, 15) is 4.79 Å². The van der Waals surface area contributed by atoms with Crippen LogP contribution in [0.15, 0.2) is 30.3 Å². The molecule has 144 valence electrons. The molecular formula is C20H25ClN4O2. The Morgan fingerprint density at radius 3 is 2.63 bits per heavy atom. The number of carbonyl (C=O) groups is 1. The van der Waals surface area contributed by atoms with Crippen LogP contribution in [0.2, 0.25) is 5.02 Å². The van der Waals surface area contributed by atoms with Gasteiger partial charge in [0, 0.05) is 31.2 Å². The summed E-state index contributed by atoms with van der Waals surface area (Å²) >= 11 is 6.43. The predicted octanol–water partition coefficient (Wildman–Crippen LogP) is 4.75. The summed E-state index contributed by atoms with van der Waals surface area (Å²) in [6.07, 6.45) is 0. The maximum Gasteiger partial charge on any atom is 0.357 e. The van der Waals surface area contributed by atoms with E-state index in [1.54, 1.807) is 6.92 Å². The van der Waals surface area contributed by atoms with E-state index in [-0.39, 0.29) is 23.2 Å². The van der Waals surface area contributed by atoms with Crippen molar-refractivity contribution in [2.45, 2.75) is 20.8 Å². The highest BCUT2D eigenvalue weighted by Crippen LogP contribution is 2.30.